The van der Waals surface area contributed by atoms with Crippen molar-refractivity contribution in [2.45, 2.75) is 38.3 Å². The molecule has 0 amide bonds. The monoisotopic (exact) mass is 301 g/mol. The van der Waals surface area contributed by atoms with Crippen molar-refractivity contribution in [3.63, 3.8) is 0 Å². The molecule has 0 saturated carbocycles. The molecule has 2 heterocycles. The molecule has 4 nitrogen and oxygen atoms in total. The fourth-order valence-electron chi connectivity index (χ4n) is 3.06. The highest BCUT2D eigenvalue weighted by Crippen LogP contribution is 2.27. The first-order chi connectivity index (χ1) is 10.8. The first kappa shape index (κ1) is 15.1. The van der Waals surface area contributed by atoms with Crippen LogP contribution in [0.25, 0.3) is 0 Å². The van der Waals surface area contributed by atoms with Crippen LogP contribution in [-0.2, 0) is 6.54 Å². The van der Waals surface area contributed by atoms with E-state index in [1.54, 1.807) is 0 Å². The van der Waals surface area contributed by atoms with Crippen molar-refractivity contribution in [3.8, 4) is 11.7 Å². The Bertz CT molecular complexity index is 567. The highest BCUT2D eigenvalue weighted by molar-refractivity contribution is 5.26. The minimum Gasteiger partial charge on any atom is -0.429 e. The molecule has 3 rings (SSSR count). The molecular weight excluding hydrogens is 278 g/mol. The molecule has 22 heavy (non-hydrogen) atoms. The summed E-state index contributed by atoms with van der Waals surface area (Å²) in [4.78, 5) is 2.45. The molecule has 1 atom stereocenters. The lowest BCUT2D eigenvalue weighted by molar-refractivity contribution is 0.194. The van der Waals surface area contributed by atoms with Crippen molar-refractivity contribution in [2.75, 3.05) is 13.2 Å². The number of aliphatic hydroxyl groups is 1. The van der Waals surface area contributed by atoms with E-state index in [0.29, 0.717) is 12.0 Å². The van der Waals surface area contributed by atoms with Crippen LogP contribution < -0.4 is 4.74 Å². The number of ether oxygens (including phenoxy) is 1. The Hall–Kier alpha value is -1.78. The zero-order valence-corrected chi connectivity index (χ0v) is 12.8. The second kappa shape index (κ2) is 7.47. The third-order valence-corrected chi connectivity index (χ3v) is 4.15. The fraction of sp³-hybridized carbons (Fsp3) is 0.444. The highest BCUT2D eigenvalue weighted by Gasteiger charge is 2.24. The Morgan fingerprint density at radius 2 is 2.05 bits per heavy atom. The van der Waals surface area contributed by atoms with Crippen LogP contribution in [0.15, 0.2) is 46.9 Å². The summed E-state index contributed by atoms with van der Waals surface area (Å²) in [6.45, 7) is 2.19. The number of likely N-dealkylation sites (tertiary alicyclic amines) is 1. The van der Waals surface area contributed by atoms with Crippen molar-refractivity contribution in [2.24, 2.45) is 0 Å². The molecule has 0 aliphatic carbocycles. The lowest BCUT2D eigenvalue weighted by atomic mass is 10.1. The minimum atomic E-state index is 0.278. The third kappa shape index (κ3) is 3.90. The molecule has 0 spiro atoms. The molecule has 118 valence electrons. The van der Waals surface area contributed by atoms with Crippen LogP contribution >= 0.6 is 0 Å². The number of rotatable bonds is 7. The number of furan rings is 1. The second-order valence-corrected chi connectivity index (χ2v) is 5.77. The number of para-hydroxylation sites is 1. The molecule has 0 radical (unpaired) electrons. The predicted molar refractivity (Wildman–Crippen MR) is 85.0 cm³/mol. The number of nitrogens with zero attached hydrogens (tertiary/aromatic N) is 1. The van der Waals surface area contributed by atoms with E-state index >= 15 is 0 Å². The Morgan fingerprint density at radius 3 is 2.86 bits per heavy atom. The molecule has 1 saturated heterocycles. The smallest absolute Gasteiger partial charge is 0.290 e. The summed E-state index contributed by atoms with van der Waals surface area (Å²) in [5.41, 5.74) is 0. The molecule has 2 aromatic rings. The first-order valence-electron chi connectivity index (χ1n) is 8.01. The van der Waals surface area contributed by atoms with E-state index in [-0.39, 0.29) is 6.61 Å². The molecule has 1 aliphatic heterocycles. The van der Waals surface area contributed by atoms with Gasteiger partial charge in [-0.15, -0.1) is 0 Å². The normalized spacial score (nSPS) is 18.7. The lowest BCUT2D eigenvalue weighted by Crippen LogP contribution is -2.28. The van der Waals surface area contributed by atoms with E-state index in [4.69, 9.17) is 14.3 Å². The van der Waals surface area contributed by atoms with Crippen LogP contribution in [-0.4, -0.2) is 29.2 Å². The van der Waals surface area contributed by atoms with Crippen molar-refractivity contribution >= 4 is 0 Å². The van der Waals surface area contributed by atoms with E-state index in [1.807, 2.05) is 42.5 Å². The summed E-state index contributed by atoms with van der Waals surface area (Å²) in [7, 11) is 0. The zero-order valence-electron chi connectivity index (χ0n) is 12.8. The van der Waals surface area contributed by atoms with Crippen LogP contribution in [0.4, 0.5) is 0 Å². The van der Waals surface area contributed by atoms with E-state index in [0.717, 1.165) is 37.4 Å². The summed E-state index contributed by atoms with van der Waals surface area (Å²) in [5, 5.41) is 8.99. The van der Waals surface area contributed by atoms with E-state index in [1.165, 1.54) is 12.8 Å². The Labute approximate surface area is 131 Å². The summed E-state index contributed by atoms with van der Waals surface area (Å²) in [6.07, 6.45) is 4.38. The Morgan fingerprint density at radius 1 is 1.18 bits per heavy atom. The van der Waals surface area contributed by atoms with Crippen molar-refractivity contribution < 1.29 is 14.3 Å². The maximum atomic E-state index is 8.99. The van der Waals surface area contributed by atoms with Gasteiger partial charge in [-0.2, -0.15) is 0 Å². The second-order valence-electron chi connectivity index (χ2n) is 5.77. The Balaban J connectivity index is 1.57. The lowest BCUT2D eigenvalue weighted by Gasteiger charge is -2.23. The summed E-state index contributed by atoms with van der Waals surface area (Å²) >= 11 is 0. The maximum absolute atomic E-state index is 8.99. The van der Waals surface area contributed by atoms with Gasteiger partial charge < -0.3 is 14.3 Å². The van der Waals surface area contributed by atoms with Crippen LogP contribution in [0.5, 0.6) is 11.7 Å². The molecule has 1 aliphatic rings. The number of hydrogen-bond acceptors (Lipinski definition) is 4. The quantitative estimate of drug-likeness (QED) is 0.844. The van der Waals surface area contributed by atoms with Crippen molar-refractivity contribution in [1.82, 2.24) is 4.90 Å². The SMILES string of the molecule is OCCCC1CCCN1Cc1ccc(Oc2ccccc2)o1. The molecular formula is C18H23NO3. The topological polar surface area (TPSA) is 45.8 Å². The highest BCUT2D eigenvalue weighted by atomic mass is 16.6. The number of hydrogen-bond donors (Lipinski definition) is 1. The standard InChI is InChI=1S/C18H23NO3/c20-13-5-7-15-6-4-12-19(15)14-17-10-11-18(22-17)21-16-8-2-1-3-9-16/h1-3,8-11,15,20H,4-7,12-14H2. The molecule has 4 heteroatoms. The third-order valence-electron chi connectivity index (χ3n) is 4.15. The van der Waals surface area contributed by atoms with Crippen LogP contribution in [0, 0.1) is 0 Å². The van der Waals surface area contributed by atoms with E-state index in [2.05, 4.69) is 4.90 Å². The van der Waals surface area contributed by atoms with Crippen molar-refractivity contribution in [3.05, 3.63) is 48.2 Å². The van der Waals surface area contributed by atoms with Gasteiger partial charge in [0.1, 0.15) is 11.5 Å². The van der Waals surface area contributed by atoms with Gasteiger partial charge in [0.2, 0.25) is 0 Å². The van der Waals surface area contributed by atoms with E-state index in [9.17, 15) is 0 Å². The zero-order chi connectivity index (χ0) is 15.2. The molecule has 1 aromatic carbocycles. The van der Waals surface area contributed by atoms with Gasteiger partial charge in [-0.05, 0) is 50.4 Å². The van der Waals surface area contributed by atoms with Crippen molar-refractivity contribution in [1.29, 1.82) is 0 Å². The minimum absolute atomic E-state index is 0.278. The summed E-state index contributed by atoms with van der Waals surface area (Å²) < 4.78 is 11.5. The molecule has 1 fully saturated rings. The van der Waals surface area contributed by atoms with Gasteiger partial charge in [-0.25, -0.2) is 0 Å². The van der Waals surface area contributed by atoms with Crippen LogP contribution in [0.2, 0.25) is 0 Å². The molecule has 0 bridgehead atoms. The van der Waals surface area contributed by atoms with Gasteiger partial charge in [0.05, 0.1) is 6.54 Å². The number of benzene rings is 1. The van der Waals surface area contributed by atoms with Gasteiger partial charge in [-0.1, -0.05) is 18.2 Å². The van der Waals surface area contributed by atoms with Gasteiger partial charge in [-0.3, -0.25) is 4.90 Å². The molecule has 1 N–H and O–H groups in total. The van der Waals surface area contributed by atoms with Crippen LogP contribution in [0.1, 0.15) is 31.4 Å². The predicted octanol–water partition coefficient (Wildman–Crippen LogP) is 3.81. The largest absolute Gasteiger partial charge is 0.429 e. The maximum Gasteiger partial charge on any atom is 0.290 e. The summed E-state index contributed by atoms with van der Waals surface area (Å²) in [6, 6.07) is 14.1. The van der Waals surface area contributed by atoms with Gasteiger partial charge in [0.25, 0.3) is 5.95 Å². The number of aliphatic hydroxyl groups excluding tert-OH is 1. The van der Waals surface area contributed by atoms with Crippen LogP contribution in [0.3, 0.4) is 0 Å². The van der Waals surface area contributed by atoms with Gasteiger partial charge >= 0.3 is 0 Å². The molecule has 1 unspecified atom stereocenters. The average molecular weight is 301 g/mol. The van der Waals surface area contributed by atoms with Gasteiger partial charge in [0, 0.05) is 18.7 Å². The Kier molecular flexibility index (Phi) is 5.14. The van der Waals surface area contributed by atoms with E-state index < -0.39 is 0 Å². The fourth-order valence-corrected chi connectivity index (χ4v) is 3.06. The summed E-state index contributed by atoms with van der Waals surface area (Å²) in [5.74, 6) is 2.25. The molecule has 1 aromatic heterocycles. The first-order valence-corrected chi connectivity index (χ1v) is 8.01. The average Bonchev–Trinajstić information content (AvgIpc) is 3.16. The van der Waals surface area contributed by atoms with Gasteiger partial charge in [0.15, 0.2) is 0 Å².